The molecule has 0 aliphatic heterocycles. The third-order valence-electron chi connectivity index (χ3n) is 6.99. The molecule has 0 aromatic carbocycles. The van der Waals surface area contributed by atoms with Crippen molar-refractivity contribution in [3.8, 4) is 0 Å². The zero-order chi connectivity index (χ0) is 12.3. The average Bonchev–Trinajstić information content (AvgIpc) is 3.15. The van der Waals surface area contributed by atoms with E-state index in [4.69, 9.17) is 0 Å². The van der Waals surface area contributed by atoms with Crippen molar-refractivity contribution in [3.05, 3.63) is 12.7 Å². The molecule has 0 aromatic heterocycles. The molecule has 0 radical (unpaired) electrons. The minimum atomic E-state index is -0.528. The molecule has 1 nitrogen and oxygen atoms in total. The van der Waals surface area contributed by atoms with E-state index in [0.29, 0.717) is 11.8 Å². The average molecular weight is 246 g/mol. The van der Waals surface area contributed by atoms with Crippen LogP contribution in [-0.2, 0) is 0 Å². The van der Waals surface area contributed by atoms with Crippen LogP contribution >= 0.6 is 0 Å². The van der Waals surface area contributed by atoms with Crippen molar-refractivity contribution in [2.75, 3.05) is 0 Å². The smallest absolute Gasteiger partial charge is 0.0886 e. The van der Waals surface area contributed by atoms with E-state index in [1.807, 2.05) is 6.08 Å². The van der Waals surface area contributed by atoms with Gasteiger partial charge in [-0.1, -0.05) is 18.9 Å². The van der Waals surface area contributed by atoms with Crippen molar-refractivity contribution >= 4 is 0 Å². The molecule has 4 rings (SSSR count). The van der Waals surface area contributed by atoms with Gasteiger partial charge >= 0.3 is 0 Å². The molecule has 0 heterocycles. The Morgan fingerprint density at radius 2 is 1.33 bits per heavy atom. The minimum absolute atomic E-state index is 0.528. The highest BCUT2D eigenvalue weighted by molar-refractivity contribution is 5.14. The molecule has 0 aromatic rings. The highest BCUT2D eigenvalue weighted by Crippen LogP contribution is 2.60. The van der Waals surface area contributed by atoms with Crippen molar-refractivity contribution < 1.29 is 5.11 Å². The lowest BCUT2D eigenvalue weighted by Gasteiger charge is -2.44. The summed E-state index contributed by atoms with van der Waals surface area (Å²) >= 11 is 0. The zero-order valence-electron chi connectivity index (χ0n) is 11.4. The summed E-state index contributed by atoms with van der Waals surface area (Å²) in [4.78, 5) is 0. The Bertz CT molecular complexity index is 333. The van der Waals surface area contributed by atoms with Crippen LogP contribution < -0.4 is 0 Å². The summed E-state index contributed by atoms with van der Waals surface area (Å²) in [6.45, 7) is 4.04. The summed E-state index contributed by atoms with van der Waals surface area (Å²) in [5, 5.41) is 11.3. The van der Waals surface area contributed by atoms with Crippen LogP contribution in [-0.4, -0.2) is 10.7 Å². The van der Waals surface area contributed by atoms with Gasteiger partial charge in [0.2, 0.25) is 0 Å². The van der Waals surface area contributed by atoms with Gasteiger partial charge in [-0.2, -0.15) is 0 Å². The fraction of sp³-hybridized carbons (Fsp3) is 0.882. The highest BCUT2D eigenvalue weighted by atomic mass is 16.3. The Labute approximate surface area is 111 Å². The maximum absolute atomic E-state index is 11.3. The van der Waals surface area contributed by atoms with Gasteiger partial charge in [-0.15, -0.1) is 6.58 Å². The molecule has 4 aliphatic rings. The molecular formula is C17H26O. The Morgan fingerprint density at radius 1 is 0.833 bits per heavy atom. The Morgan fingerprint density at radius 3 is 1.61 bits per heavy atom. The number of aliphatic hydroxyl groups is 1. The summed E-state index contributed by atoms with van der Waals surface area (Å²) in [7, 11) is 0. The minimum Gasteiger partial charge on any atom is -0.385 e. The van der Waals surface area contributed by atoms with E-state index >= 15 is 0 Å². The van der Waals surface area contributed by atoms with Gasteiger partial charge in [-0.05, 0) is 74.0 Å². The van der Waals surface area contributed by atoms with Crippen LogP contribution in [0.5, 0.6) is 0 Å². The van der Waals surface area contributed by atoms with Crippen LogP contribution in [0.3, 0.4) is 0 Å². The van der Waals surface area contributed by atoms with Crippen LogP contribution in [0, 0.1) is 35.5 Å². The van der Waals surface area contributed by atoms with Gasteiger partial charge in [0.15, 0.2) is 0 Å². The molecule has 1 heteroatoms. The van der Waals surface area contributed by atoms with E-state index in [1.54, 1.807) is 0 Å². The van der Waals surface area contributed by atoms with Gasteiger partial charge in [0.1, 0.15) is 0 Å². The van der Waals surface area contributed by atoms with E-state index in [-0.39, 0.29) is 0 Å². The Balaban J connectivity index is 1.61. The summed E-state index contributed by atoms with van der Waals surface area (Å²) in [5.74, 6) is 4.53. The first-order valence-corrected chi connectivity index (χ1v) is 8.06. The molecule has 0 amide bonds. The van der Waals surface area contributed by atoms with Gasteiger partial charge in [0.25, 0.3) is 0 Å². The fourth-order valence-corrected chi connectivity index (χ4v) is 6.20. The molecule has 4 fully saturated rings. The maximum Gasteiger partial charge on any atom is 0.0886 e. The second-order valence-corrected chi connectivity index (χ2v) is 7.65. The van der Waals surface area contributed by atoms with Crippen molar-refractivity contribution in [2.45, 2.75) is 57.0 Å². The predicted octanol–water partition coefficient (Wildman–Crippen LogP) is 3.78. The zero-order valence-corrected chi connectivity index (χ0v) is 11.4. The van der Waals surface area contributed by atoms with Crippen LogP contribution in [0.4, 0.5) is 0 Å². The van der Waals surface area contributed by atoms with E-state index < -0.39 is 5.60 Å². The molecule has 0 spiro atoms. The molecule has 6 atom stereocenters. The van der Waals surface area contributed by atoms with E-state index in [0.717, 1.165) is 23.7 Å². The fourth-order valence-electron chi connectivity index (χ4n) is 6.20. The van der Waals surface area contributed by atoms with Gasteiger partial charge in [0.05, 0.1) is 5.60 Å². The Hall–Kier alpha value is -0.300. The SMILES string of the molecule is C=CC(O)([C@@H]1C[C@H]2CC[C@@H]1C2)[C@@H]1C[C@H]2CC[C@@H]1C2. The quantitative estimate of drug-likeness (QED) is 0.751. The number of fused-ring (bicyclic) bond motifs is 4. The molecule has 4 bridgehead atoms. The van der Waals surface area contributed by atoms with Crippen LogP contribution in [0.15, 0.2) is 12.7 Å². The lowest BCUT2D eigenvalue weighted by Crippen LogP contribution is -2.47. The van der Waals surface area contributed by atoms with Crippen molar-refractivity contribution in [2.24, 2.45) is 35.5 Å². The second-order valence-electron chi connectivity index (χ2n) is 7.65. The van der Waals surface area contributed by atoms with Gasteiger partial charge in [0, 0.05) is 0 Å². The highest BCUT2D eigenvalue weighted by Gasteiger charge is 2.56. The number of hydrogen-bond donors (Lipinski definition) is 1. The van der Waals surface area contributed by atoms with Crippen LogP contribution in [0.1, 0.15) is 51.4 Å². The molecule has 1 N–H and O–H groups in total. The molecule has 4 aliphatic carbocycles. The Kier molecular flexibility index (Phi) is 2.46. The first-order valence-electron chi connectivity index (χ1n) is 8.06. The molecule has 18 heavy (non-hydrogen) atoms. The molecule has 0 unspecified atom stereocenters. The standard InChI is InChI=1S/C17H26O/c1-2-17(18,15-9-11-3-5-13(15)7-11)16-10-12-4-6-14(16)8-12/h2,11-16,18H,1,3-10H2/t11-,12-,13+,14+,15+,16+/m0/s1. The van der Waals surface area contributed by atoms with Gasteiger partial charge in [-0.3, -0.25) is 0 Å². The van der Waals surface area contributed by atoms with Crippen molar-refractivity contribution in [1.82, 2.24) is 0 Å². The number of hydrogen-bond acceptors (Lipinski definition) is 1. The van der Waals surface area contributed by atoms with Gasteiger partial charge < -0.3 is 5.11 Å². The summed E-state index contributed by atoms with van der Waals surface area (Å²) < 4.78 is 0. The third-order valence-corrected chi connectivity index (χ3v) is 6.99. The molecular weight excluding hydrogens is 220 g/mol. The van der Waals surface area contributed by atoms with Crippen molar-refractivity contribution in [1.29, 1.82) is 0 Å². The van der Waals surface area contributed by atoms with E-state index in [2.05, 4.69) is 6.58 Å². The van der Waals surface area contributed by atoms with Crippen molar-refractivity contribution in [3.63, 3.8) is 0 Å². The first kappa shape index (κ1) is 11.5. The summed E-state index contributed by atoms with van der Waals surface area (Å²) in [6, 6.07) is 0. The molecule has 0 saturated heterocycles. The number of rotatable bonds is 3. The largest absolute Gasteiger partial charge is 0.385 e. The lowest BCUT2D eigenvalue weighted by molar-refractivity contribution is -0.0643. The van der Waals surface area contributed by atoms with E-state index in [1.165, 1.54) is 51.4 Å². The van der Waals surface area contributed by atoms with Crippen LogP contribution in [0.25, 0.3) is 0 Å². The predicted molar refractivity (Wildman–Crippen MR) is 73.0 cm³/mol. The summed E-state index contributed by atoms with van der Waals surface area (Å²) in [5.41, 5.74) is -0.528. The lowest BCUT2D eigenvalue weighted by atomic mass is 9.65. The molecule has 100 valence electrons. The van der Waals surface area contributed by atoms with Crippen LogP contribution in [0.2, 0.25) is 0 Å². The third kappa shape index (κ3) is 1.43. The normalized spacial score (nSPS) is 50.1. The second kappa shape index (κ2) is 3.85. The topological polar surface area (TPSA) is 20.2 Å². The van der Waals surface area contributed by atoms with E-state index in [9.17, 15) is 5.11 Å². The molecule has 4 saturated carbocycles. The monoisotopic (exact) mass is 246 g/mol. The first-order chi connectivity index (χ1) is 8.70. The maximum atomic E-state index is 11.3. The summed E-state index contributed by atoms with van der Waals surface area (Å²) in [6.07, 6.45) is 12.9. The van der Waals surface area contributed by atoms with Gasteiger partial charge in [-0.25, -0.2) is 0 Å².